The lowest BCUT2D eigenvalue weighted by molar-refractivity contribution is 0.0526. The van der Waals surface area contributed by atoms with Crippen LogP contribution in [0.15, 0.2) is 60.1 Å². The van der Waals surface area contributed by atoms with Gasteiger partial charge in [0.1, 0.15) is 5.75 Å². The van der Waals surface area contributed by atoms with Crippen LogP contribution in [0.2, 0.25) is 0 Å². The van der Waals surface area contributed by atoms with E-state index in [9.17, 15) is 9.59 Å². The van der Waals surface area contributed by atoms with E-state index < -0.39 is 0 Å². The smallest absolute Gasteiger partial charge is 0.338 e. The fourth-order valence-corrected chi connectivity index (χ4v) is 2.65. The van der Waals surface area contributed by atoms with Crippen LogP contribution in [0.3, 0.4) is 0 Å². The van der Waals surface area contributed by atoms with Crippen molar-refractivity contribution in [3.63, 3.8) is 0 Å². The molecule has 0 bridgehead atoms. The Morgan fingerprint density at radius 1 is 1.04 bits per heavy atom. The van der Waals surface area contributed by atoms with Crippen LogP contribution in [0.25, 0.3) is 0 Å². The lowest BCUT2D eigenvalue weighted by atomic mass is 10.1. The molecular weight excluding hydrogens is 352 g/mol. The number of anilines is 1. The molecule has 1 amide bonds. The summed E-state index contributed by atoms with van der Waals surface area (Å²) in [6.45, 7) is 2.07. The van der Waals surface area contributed by atoms with Crippen molar-refractivity contribution in [1.29, 1.82) is 0 Å². The highest BCUT2D eigenvalue weighted by molar-refractivity contribution is 7.11. The molecule has 0 saturated carbocycles. The number of aromatic nitrogens is 1. The van der Waals surface area contributed by atoms with Crippen LogP contribution in [-0.2, 0) is 4.74 Å². The van der Waals surface area contributed by atoms with Crippen molar-refractivity contribution < 1.29 is 19.1 Å². The molecule has 0 aliphatic carbocycles. The highest BCUT2D eigenvalue weighted by atomic mass is 32.1. The Kier molecular flexibility index (Phi) is 5.60. The third kappa shape index (κ3) is 4.46. The number of hydrogen-bond donors (Lipinski definition) is 1. The van der Waals surface area contributed by atoms with Crippen molar-refractivity contribution in [2.24, 2.45) is 0 Å². The second-order valence-electron chi connectivity index (χ2n) is 5.18. The van der Waals surface area contributed by atoms with Gasteiger partial charge in [0.15, 0.2) is 0 Å². The molecule has 2 aromatic carbocycles. The Labute approximate surface area is 154 Å². The second-order valence-corrected chi connectivity index (χ2v) is 6.03. The molecule has 0 aliphatic rings. The Balaban J connectivity index is 1.61. The van der Waals surface area contributed by atoms with Gasteiger partial charge >= 0.3 is 5.97 Å². The van der Waals surface area contributed by atoms with Gasteiger partial charge in [0, 0.05) is 22.8 Å². The van der Waals surface area contributed by atoms with Crippen LogP contribution in [-0.4, -0.2) is 23.5 Å². The van der Waals surface area contributed by atoms with Gasteiger partial charge in [0.05, 0.1) is 12.2 Å². The average molecular weight is 368 g/mol. The molecule has 0 radical (unpaired) electrons. The van der Waals surface area contributed by atoms with Gasteiger partial charge in [-0.1, -0.05) is 11.3 Å². The largest absolute Gasteiger partial charge is 0.462 e. The number of amides is 1. The van der Waals surface area contributed by atoms with Crippen molar-refractivity contribution in [1.82, 2.24) is 4.98 Å². The number of nitrogens with one attached hydrogen (secondary N) is 1. The highest BCUT2D eigenvalue weighted by Crippen LogP contribution is 2.23. The van der Waals surface area contributed by atoms with Crippen molar-refractivity contribution in [3.8, 4) is 10.9 Å². The number of rotatable bonds is 6. The molecule has 0 fully saturated rings. The molecule has 0 aliphatic heterocycles. The molecule has 6 nitrogen and oxygen atoms in total. The van der Waals surface area contributed by atoms with E-state index in [1.807, 2.05) is 5.38 Å². The molecule has 1 heterocycles. The first-order valence-corrected chi connectivity index (χ1v) is 8.79. The maximum absolute atomic E-state index is 12.3. The van der Waals surface area contributed by atoms with Crippen LogP contribution in [0.5, 0.6) is 10.9 Å². The van der Waals surface area contributed by atoms with Crippen molar-refractivity contribution in [2.45, 2.75) is 6.92 Å². The summed E-state index contributed by atoms with van der Waals surface area (Å²) in [6.07, 6.45) is 1.66. The number of esters is 1. The zero-order chi connectivity index (χ0) is 18.4. The van der Waals surface area contributed by atoms with E-state index in [0.29, 0.717) is 34.4 Å². The first-order chi connectivity index (χ1) is 12.7. The van der Waals surface area contributed by atoms with E-state index >= 15 is 0 Å². The molecule has 1 N–H and O–H groups in total. The van der Waals surface area contributed by atoms with E-state index in [1.54, 1.807) is 61.7 Å². The summed E-state index contributed by atoms with van der Waals surface area (Å²) in [5.74, 6) is -0.0360. The van der Waals surface area contributed by atoms with Crippen molar-refractivity contribution in [2.75, 3.05) is 11.9 Å². The van der Waals surface area contributed by atoms with Crippen LogP contribution < -0.4 is 10.1 Å². The van der Waals surface area contributed by atoms with Gasteiger partial charge in [-0.15, -0.1) is 0 Å². The maximum Gasteiger partial charge on any atom is 0.338 e. The molecule has 0 unspecified atom stereocenters. The fourth-order valence-electron chi connectivity index (χ4n) is 2.14. The molecule has 1 aromatic heterocycles. The van der Waals surface area contributed by atoms with Crippen LogP contribution in [0, 0.1) is 0 Å². The van der Waals surface area contributed by atoms with Gasteiger partial charge in [-0.25, -0.2) is 9.78 Å². The standard InChI is InChI=1S/C19H16N2O4S/c1-2-24-18(23)14-3-7-15(8-4-14)21-17(22)13-5-9-16(10-6-13)25-19-20-11-12-26-19/h3-12H,2H2,1H3,(H,21,22). The Morgan fingerprint density at radius 3 is 2.35 bits per heavy atom. The van der Waals surface area contributed by atoms with Gasteiger partial charge in [-0.05, 0) is 55.5 Å². The van der Waals surface area contributed by atoms with Gasteiger partial charge < -0.3 is 14.8 Å². The zero-order valence-corrected chi connectivity index (χ0v) is 14.8. The van der Waals surface area contributed by atoms with Gasteiger partial charge in [-0.3, -0.25) is 4.79 Å². The van der Waals surface area contributed by atoms with Crippen LogP contribution in [0.1, 0.15) is 27.6 Å². The molecule has 26 heavy (non-hydrogen) atoms. The lowest BCUT2D eigenvalue weighted by Crippen LogP contribution is -2.12. The first-order valence-electron chi connectivity index (χ1n) is 7.91. The Hall–Kier alpha value is -3.19. The summed E-state index contributed by atoms with van der Waals surface area (Å²) < 4.78 is 10.5. The maximum atomic E-state index is 12.3. The predicted octanol–water partition coefficient (Wildman–Crippen LogP) is 4.36. The van der Waals surface area contributed by atoms with Gasteiger partial charge in [0.25, 0.3) is 11.1 Å². The second kappa shape index (κ2) is 8.26. The minimum Gasteiger partial charge on any atom is -0.462 e. The highest BCUT2D eigenvalue weighted by Gasteiger charge is 2.09. The van der Waals surface area contributed by atoms with E-state index in [4.69, 9.17) is 9.47 Å². The summed E-state index contributed by atoms with van der Waals surface area (Å²) in [4.78, 5) is 28.0. The SMILES string of the molecule is CCOC(=O)c1ccc(NC(=O)c2ccc(Oc3nccs3)cc2)cc1. The van der Waals surface area contributed by atoms with E-state index in [-0.39, 0.29) is 11.9 Å². The van der Waals surface area contributed by atoms with Crippen LogP contribution >= 0.6 is 11.3 Å². The Morgan fingerprint density at radius 2 is 1.73 bits per heavy atom. The third-order valence-corrected chi connectivity index (χ3v) is 4.03. The third-order valence-electron chi connectivity index (χ3n) is 3.39. The summed E-state index contributed by atoms with van der Waals surface area (Å²) in [5.41, 5.74) is 1.52. The lowest BCUT2D eigenvalue weighted by Gasteiger charge is -2.07. The molecular formula is C19H16N2O4S. The number of hydrogen-bond acceptors (Lipinski definition) is 6. The zero-order valence-electron chi connectivity index (χ0n) is 14.0. The minimum atomic E-state index is -0.388. The molecule has 7 heteroatoms. The number of thiazole rings is 1. The van der Waals surface area contributed by atoms with Crippen molar-refractivity contribution in [3.05, 3.63) is 71.2 Å². The number of carbonyl (C=O) groups is 2. The number of nitrogens with zero attached hydrogens (tertiary/aromatic N) is 1. The quantitative estimate of drug-likeness (QED) is 0.654. The average Bonchev–Trinajstić information content (AvgIpc) is 3.16. The van der Waals surface area contributed by atoms with E-state index in [2.05, 4.69) is 10.3 Å². The molecule has 0 spiro atoms. The summed E-state index contributed by atoms with van der Waals surface area (Å²) >= 11 is 1.39. The first kappa shape index (κ1) is 17.6. The monoisotopic (exact) mass is 368 g/mol. The number of carbonyl (C=O) groups excluding carboxylic acids is 2. The van der Waals surface area contributed by atoms with E-state index in [1.165, 1.54) is 11.3 Å². The fraction of sp³-hybridized carbons (Fsp3) is 0.105. The molecule has 0 atom stereocenters. The summed E-state index contributed by atoms with van der Waals surface area (Å²) in [7, 11) is 0. The molecule has 0 saturated heterocycles. The minimum absolute atomic E-state index is 0.255. The number of benzene rings is 2. The van der Waals surface area contributed by atoms with Gasteiger partial charge in [0.2, 0.25) is 0 Å². The number of ether oxygens (including phenoxy) is 2. The van der Waals surface area contributed by atoms with Crippen LogP contribution in [0.4, 0.5) is 5.69 Å². The Bertz CT molecular complexity index is 875. The predicted molar refractivity (Wildman–Crippen MR) is 99.0 cm³/mol. The van der Waals surface area contributed by atoms with E-state index in [0.717, 1.165) is 0 Å². The normalized spacial score (nSPS) is 10.2. The topological polar surface area (TPSA) is 77.5 Å². The van der Waals surface area contributed by atoms with Gasteiger partial charge in [-0.2, -0.15) is 0 Å². The molecule has 3 aromatic rings. The molecule has 3 rings (SSSR count). The van der Waals surface area contributed by atoms with Crippen molar-refractivity contribution >= 4 is 28.9 Å². The summed E-state index contributed by atoms with van der Waals surface area (Å²) in [5, 5.41) is 5.15. The molecule has 132 valence electrons. The summed E-state index contributed by atoms with van der Waals surface area (Å²) in [6, 6.07) is 13.3.